The van der Waals surface area contributed by atoms with Crippen molar-refractivity contribution in [2.24, 2.45) is 0 Å². The maximum absolute atomic E-state index is 10.7. The molecule has 0 spiro atoms. The highest BCUT2D eigenvalue weighted by atomic mass is 16.3. The Kier molecular flexibility index (Phi) is 6.76. The van der Waals surface area contributed by atoms with Gasteiger partial charge in [-0.2, -0.15) is 5.26 Å². The van der Waals surface area contributed by atoms with Crippen LogP contribution >= 0.6 is 0 Å². The van der Waals surface area contributed by atoms with Crippen molar-refractivity contribution in [2.75, 3.05) is 0 Å². The van der Waals surface area contributed by atoms with Gasteiger partial charge in [-0.25, -0.2) is 15.0 Å². The zero-order chi connectivity index (χ0) is 34.6. The second-order valence-corrected chi connectivity index (χ2v) is 12.7. The van der Waals surface area contributed by atoms with Crippen molar-refractivity contribution in [1.82, 2.24) is 19.5 Å². The lowest BCUT2D eigenvalue weighted by atomic mass is 9.97. The largest absolute Gasteiger partial charge is 0.456 e. The first-order valence-electron chi connectivity index (χ1n) is 17.1. The van der Waals surface area contributed by atoms with Crippen molar-refractivity contribution in [3.05, 3.63) is 169 Å². The van der Waals surface area contributed by atoms with Crippen molar-refractivity contribution in [2.45, 2.75) is 0 Å². The van der Waals surface area contributed by atoms with Gasteiger partial charge < -0.3 is 8.98 Å². The molecule has 242 valence electrons. The van der Waals surface area contributed by atoms with Crippen LogP contribution in [0.5, 0.6) is 0 Å². The third kappa shape index (κ3) is 4.76. The SMILES string of the molecule is N#Cc1c(-c2ccc3oc4ccc(-c5nc(-c6ccccc6)nc(-c6ccccc6)n5)cc4c3c2)cccc1-n1c2ccccc2c2ccccc21. The monoisotopic (exact) mass is 665 g/mol. The number of benzene rings is 7. The Labute approximate surface area is 298 Å². The van der Waals surface area contributed by atoms with Crippen molar-refractivity contribution in [1.29, 1.82) is 5.26 Å². The third-order valence-corrected chi connectivity index (χ3v) is 9.71. The average Bonchev–Trinajstić information content (AvgIpc) is 3.76. The molecule has 3 aromatic heterocycles. The maximum Gasteiger partial charge on any atom is 0.164 e. The van der Waals surface area contributed by atoms with E-state index in [1.807, 2.05) is 115 Å². The molecule has 0 aliphatic heterocycles. The first kappa shape index (κ1) is 29.5. The van der Waals surface area contributed by atoms with Crippen LogP contribution in [0, 0.1) is 11.3 Å². The molecule has 6 heteroatoms. The minimum atomic E-state index is 0.575. The van der Waals surface area contributed by atoms with Crippen LogP contribution in [0.1, 0.15) is 5.56 Å². The first-order chi connectivity index (χ1) is 25.7. The Bertz CT molecular complexity index is 2920. The van der Waals surface area contributed by atoms with Crippen LogP contribution in [0.25, 0.3) is 94.7 Å². The topological polar surface area (TPSA) is 80.5 Å². The molecule has 0 unspecified atom stereocenters. The van der Waals surface area contributed by atoms with E-state index in [9.17, 15) is 5.26 Å². The molecular formula is C46H27N5O. The Balaban J connectivity index is 1.13. The van der Waals surface area contributed by atoms with Gasteiger partial charge in [-0.05, 0) is 54.1 Å². The van der Waals surface area contributed by atoms with E-state index in [-0.39, 0.29) is 0 Å². The van der Waals surface area contributed by atoms with Crippen molar-refractivity contribution < 1.29 is 4.42 Å². The lowest BCUT2D eigenvalue weighted by molar-refractivity contribution is 0.669. The normalized spacial score (nSPS) is 11.4. The number of rotatable bonds is 5. The Hall–Kier alpha value is -7.36. The lowest BCUT2D eigenvalue weighted by Crippen LogP contribution is -2.00. The second-order valence-electron chi connectivity index (χ2n) is 12.7. The fourth-order valence-electron chi connectivity index (χ4n) is 7.29. The van der Waals surface area contributed by atoms with Crippen molar-refractivity contribution in [3.63, 3.8) is 0 Å². The molecule has 52 heavy (non-hydrogen) atoms. The summed E-state index contributed by atoms with van der Waals surface area (Å²) in [6.45, 7) is 0. The van der Waals surface area contributed by atoms with E-state index in [1.165, 1.54) is 0 Å². The fourth-order valence-corrected chi connectivity index (χ4v) is 7.29. The Morgan fingerprint density at radius 3 is 1.52 bits per heavy atom. The van der Waals surface area contributed by atoms with Crippen LogP contribution < -0.4 is 0 Å². The Morgan fingerprint density at radius 2 is 0.942 bits per heavy atom. The lowest BCUT2D eigenvalue weighted by Gasteiger charge is -2.13. The number of hydrogen-bond acceptors (Lipinski definition) is 5. The number of furan rings is 1. The van der Waals surface area contributed by atoms with E-state index in [4.69, 9.17) is 19.4 Å². The molecule has 0 fully saturated rings. The van der Waals surface area contributed by atoms with Gasteiger partial charge in [0.05, 0.1) is 22.3 Å². The summed E-state index contributed by atoms with van der Waals surface area (Å²) in [7, 11) is 0. The van der Waals surface area contributed by atoms with E-state index in [0.29, 0.717) is 23.0 Å². The summed E-state index contributed by atoms with van der Waals surface area (Å²) in [5, 5.41) is 14.9. The van der Waals surface area contributed by atoms with E-state index >= 15 is 0 Å². The molecule has 7 aromatic carbocycles. The molecule has 3 heterocycles. The summed E-state index contributed by atoms with van der Waals surface area (Å²) in [5.41, 5.74) is 9.56. The molecule has 0 radical (unpaired) electrons. The molecular weight excluding hydrogens is 639 g/mol. The van der Waals surface area contributed by atoms with E-state index in [1.54, 1.807) is 0 Å². The standard InChI is InChI=1S/C46H27N5O/c47-28-38-33(18-11-21-41(38)51-39-19-9-7-16-34(39)35-17-8-10-20-40(35)51)31-22-24-42-36(26-31)37-27-32(23-25-43(37)52-42)46-49-44(29-12-3-1-4-13-29)48-45(50-46)30-14-5-2-6-15-30/h1-27H. The van der Waals surface area contributed by atoms with Gasteiger partial charge in [-0.1, -0.05) is 115 Å². The van der Waals surface area contributed by atoms with Gasteiger partial charge in [0.15, 0.2) is 17.5 Å². The van der Waals surface area contributed by atoms with Crippen LogP contribution in [0.3, 0.4) is 0 Å². The van der Waals surface area contributed by atoms with Crippen LogP contribution in [-0.4, -0.2) is 19.5 Å². The smallest absolute Gasteiger partial charge is 0.164 e. The van der Waals surface area contributed by atoms with Crippen LogP contribution in [-0.2, 0) is 0 Å². The summed E-state index contributed by atoms with van der Waals surface area (Å²) in [4.78, 5) is 14.7. The highest BCUT2D eigenvalue weighted by Crippen LogP contribution is 2.39. The second kappa shape index (κ2) is 11.9. The van der Waals surface area contributed by atoms with Crippen LogP contribution in [0.4, 0.5) is 0 Å². The van der Waals surface area contributed by atoms with Crippen LogP contribution in [0.2, 0.25) is 0 Å². The average molecular weight is 666 g/mol. The van der Waals surface area contributed by atoms with Gasteiger partial charge in [0.2, 0.25) is 0 Å². The van der Waals surface area contributed by atoms with Gasteiger partial charge in [0, 0.05) is 43.8 Å². The molecule has 0 saturated heterocycles. The predicted molar refractivity (Wildman–Crippen MR) is 208 cm³/mol. The quantitative estimate of drug-likeness (QED) is 0.183. The summed E-state index contributed by atoms with van der Waals surface area (Å²) in [6, 6.07) is 57.5. The van der Waals surface area contributed by atoms with Gasteiger partial charge in [0.1, 0.15) is 17.2 Å². The zero-order valence-electron chi connectivity index (χ0n) is 27.7. The minimum absolute atomic E-state index is 0.575. The molecule has 0 N–H and O–H groups in total. The maximum atomic E-state index is 10.7. The Morgan fingerprint density at radius 1 is 0.442 bits per heavy atom. The fraction of sp³-hybridized carbons (Fsp3) is 0. The predicted octanol–water partition coefficient (Wildman–Crippen LogP) is 11.4. The minimum Gasteiger partial charge on any atom is -0.456 e. The molecule has 0 bridgehead atoms. The van der Waals surface area contributed by atoms with E-state index < -0.39 is 0 Å². The van der Waals surface area contributed by atoms with E-state index in [2.05, 4.69) is 59.2 Å². The van der Waals surface area contributed by atoms with Crippen molar-refractivity contribution in [3.8, 4) is 57.0 Å². The van der Waals surface area contributed by atoms with Gasteiger partial charge >= 0.3 is 0 Å². The molecule has 0 amide bonds. The zero-order valence-corrected chi connectivity index (χ0v) is 27.7. The van der Waals surface area contributed by atoms with Gasteiger partial charge in [0.25, 0.3) is 0 Å². The number of aromatic nitrogens is 4. The highest BCUT2D eigenvalue weighted by Gasteiger charge is 2.19. The number of fused-ring (bicyclic) bond motifs is 6. The van der Waals surface area contributed by atoms with Crippen molar-refractivity contribution >= 4 is 43.7 Å². The number of para-hydroxylation sites is 2. The summed E-state index contributed by atoms with van der Waals surface area (Å²) >= 11 is 0. The molecule has 0 aliphatic rings. The molecule has 0 aliphatic carbocycles. The molecule has 6 nitrogen and oxygen atoms in total. The summed E-state index contributed by atoms with van der Waals surface area (Å²) < 4.78 is 8.53. The third-order valence-electron chi connectivity index (χ3n) is 9.71. The highest BCUT2D eigenvalue weighted by molar-refractivity contribution is 6.10. The summed E-state index contributed by atoms with van der Waals surface area (Å²) in [6.07, 6.45) is 0. The molecule has 10 rings (SSSR count). The number of nitrogens with zero attached hydrogens (tertiary/aromatic N) is 5. The summed E-state index contributed by atoms with van der Waals surface area (Å²) in [5.74, 6) is 1.79. The molecule has 0 atom stereocenters. The van der Waals surface area contributed by atoms with E-state index in [0.717, 1.165) is 77.2 Å². The first-order valence-corrected chi connectivity index (χ1v) is 17.1. The molecule has 10 aromatic rings. The van der Waals surface area contributed by atoms with Gasteiger partial charge in [-0.15, -0.1) is 0 Å². The van der Waals surface area contributed by atoms with Crippen LogP contribution in [0.15, 0.2) is 168 Å². The molecule has 0 saturated carbocycles. The number of hydrogen-bond donors (Lipinski definition) is 0. The van der Waals surface area contributed by atoms with Gasteiger partial charge in [-0.3, -0.25) is 0 Å². The number of nitriles is 1.